The van der Waals surface area contributed by atoms with Gasteiger partial charge in [0.05, 0.1) is 0 Å². The fraction of sp³-hybridized carbons (Fsp3) is 0.312. The number of benzene rings is 3. The number of aromatic hydroxyl groups is 1. The van der Waals surface area contributed by atoms with Gasteiger partial charge in [-0.05, 0) is 138 Å². The Hall–Kier alpha value is -2.27. The minimum atomic E-state index is -0.522. The van der Waals surface area contributed by atoms with Crippen molar-refractivity contribution >= 4 is 119 Å². The number of nitrogens with zero attached hydrogens (tertiary/aromatic N) is 1. The fourth-order valence-corrected chi connectivity index (χ4v) is 5.44. The first-order chi connectivity index (χ1) is 25.0. The van der Waals surface area contributed by atoms with Gasteiger partial charge in [0.25, 0.3) is 0 Å². The van der Waals surface area contributed by atoms with Crippen molar-refractivity contribution in [1.82, 2.24) is 0 Å². The number of aryl methyl sites for hydroxylation is 6. The summed E-state index contributed by atoms with van der Waals surface area (Å²) in [5.41, 5.74) is 25.7. The average molecular weight is 3460 g/mol. The van der Waals surface area contributed by atoms with Crippen molar-refractivity contribution in [3.8, 4) is 34.5 Å². The quantitative estimate of drug-likeness (QED) is 0.0175. The SMILES string of the molecule is CSP[CH-]C(=O)Oc1cc(C)c(OC[NH-])cc1C.Cc1cc(OC(=O)[CH-]PSN=O)c(C)cc1OC[NH-].Cc1cc(OC[NH-])c(C)cc1O.[B].[I][V]([I])[I].[Re].[Re].[Re].[Re].[Re].[Rf].[Rf].[Rf].[Rf].[Rf]. The van der Waals surface area contributed by atoms with Gasteiger partial charge in [-0.1, -0.05) is 0 Å². The van der Waals surface area contributed by atoms with Crippen LogP contribution in [0, 0.1) is 58.8 Å². The molecule has 4 N–H and O–H groups in total. The molecule has 0 aliphatic heterocycles. The van der Waals surface area contributed by atoms with E-state index >= 15 is 0 Å². The van der Waals surface area contributed by atoms with E-state index in [4.69, 9.17) is 40.9 Å². The Labute approximate surface area is 468 Å². The molecule has 2 atom stereocenters. The number of nitroso groups, excluding NO2 is 1. The van der Waals surface area contributed by atoms with Gasteiger partial charge in [0.15, 0.2) is 11.9 Å². The van der Waals surface area contributed by atoms with Gasteiger partial charge in [-0.3, -0.25) is 21.9 Å². The monoisotopic (exact) mass is 3460 g/mol. The number of phenolic OH excluding ortho intramolecular Hbond substituents is 1. The number of hydrogen-bond donors (Lipinski definition) is 1. The van der Waals surface area contributed by atoms with E-state index in [9.17, 15) is 19.6 Å². The second-order valence-corrected chi connectivity index (χ2v) is 50.3. The van der Waals surface area contributed by atoms with Crippen molar-refractivity contribution in [2.24, 2.45) is 4.58 Å². The molecule has 0 spiro atoms. The predicted molar refractivity (Wildman–Crippen MR) is 250 cm³/mol. The summed E-state index contributed by atoms with van der Waals surface area (Å²) >= 11 is 9.74. The summed E-state index contributed by atoms with van der Waals surface area (Å²) in [6.07, 6.45) is 4.74. The standard InChI is InChI=1S/C12H16NO3PS.C11H13N2O4PS.C9H12NO2.B.3HI.5Re.5Rf.V/c1-8-5-11(16-12(14)6-17-18-3)9(2)4-10(8)15-7-13;1-7-4-10(8(2)3-9(7)16-6-12)17-11(14)5-18-19-13-15;1-6-4-9(12-5-10)7(2)3-8(6)11;;;;;;;;;;;;;;;/h4-6,13,17H,7H2,1-3H3;3-5,12,18H,6H2,1-2H3;3-4,10-11H,5H2,1-2H3;;3*1H;;;;;;;;;;;/q2*-2;-1;;;;;;;;;;;;;;;+3/p-3. The minimum absolute atomic E-state index is 0. The first-order valence-corrected chi connectivity index (χ1v) is 33.9. The zero-order chi connectivity index (χ0) is 40.5. The van der Waals surface area contributed by atoms with E-state index in [2.05, 4.69) is 64.5 Å². The van der Waals surface area contributed by atoms with Crippen molar-refractivity contribution in [3.05, 3.63) is 104 Å². The maximum atomic E-state index is 11.5. The number of halogens is 3. The molecule has 0 fully saturated rings. The Kier molecular flexibility index (Phi) is 76.7. The van der Waals surface area contributed by atoms with Crippen LogP contribution in [0.5, 0.6) is 34.5 Å². The van der Waals surface area contributed by atoms with E-state index in [1.807, 2.05) is 27.0 Å². The topological polar surface area (TPSA) is 201 Å². The van der Waals surface area contributed by atoms with E-state index in [1.54, 1.807) is 68.6 Å². The second kappa shape index (κ2) is 53.3. The maximum Gasteiger partial charge on any atom is 0 e. The molecule has 0 saturated carbocycles. The summed E-state index contributed by atoms with van der Waals surface area (Å²) in [5, 5.41) is 9.29. The van der Waals surface area contributed by atoms with Gasteiger partial charge in [0.2, 0.25) is 0 Å². The largest absolute Gasteiger partial charge is 0 e. The van der Waals surface area contributed by atoms with Crippen molar-refractivity contribution < 1.29 is 145 Å². The van der Waals surface area contributed by atoms with Gasteiger partial charge in [-0.15, -0.1) is 4.91 Å². The Morgan fingerprint density at radius 1 is 0.609 bits per heavy atom. The molecule has 0 aliphatic carbocycles. The van der Waals surface area contributed by atoms with Crippen LogP contribution in [0.1, 0.15) is 33.4 Å². The van der Waals surface area contributed by atoms with Gasteiger partial charge in [0.1, 0.15) is 34.5 Å². The Bertz CT molecular complexity index is 1660. The zero-order valence-corrected chi connectivity index (χ0v) is 92.9. The Morgan fingerprint density at radius 2 is 0.875 bits per heavy atom. The van der Waals surface area contributed by atoms with Gasteiger partial charge in [-0.25, -0.2) is 0 Å². The number of carbonyl (C=O) groups is 2. The van der Waals surface area contributed by atoms with Crippen molar-refractivity contribution in [2.75, 3.05) is 26.4 Å². The van der Waals surface area contributed by atoms with Gasteiger partial charge in [0, 0.05) is 127 Å². The van der Waals surface area contributed by atoms with E-state index in [0.29, 0.717) is 36.5 Å². The van der Waals surface area contributed by atoms with Crippen molar-refractivity contribution in [1.29, 1.82) is 0 Å². The van der Waals surface area contributed by atoms with Crippen molar-refractivity contribution in [3.63, 3.8) is 0 Å². The summed E-state index contributed by atoms with van der Waals surface area (Å²) in [6, 6.07) is 10.3. The number of ether oxygens (including phenoxy) is 5. The van der Waals surface area contributed by atoms with Crippen LogP contribution in [0.15, 0.2) is 41.0 Å². The van der Waals surface area contributed by atoms with Crippen LogP contribution in [-0.4, -0.2) is 51.9 Å². The van der Waals surface area contributed by atoms with Crippen LogP contribution >= 0.6 is 98.5 Å². The molecule has 344 valence electrons. The predicted octanol–water partition coefficient (Wildman–Crippen LogP) is 12.1. The van der Waals surface area contributed by atoms with Gasteiger partial charge >= 0.3 is 64.9 Å². The zero-order valence-electron chi connectivity index (χ0n) is 35.8. The third-order valence-corrected chi connectivity index (χ3v) is 9.18. The van der Waals surface area contributed by atoms with Crippen LogP contribution < -0.4 is 23.7 Å². The summed E-state index contributed by atoms with van der Waals surface area (Å²) in [6.45, 7) is 10.5. The number of hydrogen-bond acceptors (Lipinski definition) is 12. The molecule has 3 aromatic rings. The second-order valence-electron chi connectivity index (χ2n) is 9.96. The summed E-state index contributed by atoms with van der Waals surface area (Å²) < 4.78 is 28.3. The van der Waals surface area contributed by atoms with Crippen LogP contribution in [0.4, 0.5) is 0 Å². The number of rotatable bonds is 15. The molecule has 0 aromatic heterocycles. The van der Waals surface area contributed by atoms with E-state index < -0.39 is 5.97 Å². The van der Waals surface area contributed by atoms with Crippen LogP contribution in [0.3, 0.4) is 0 Å². The van der Waals surface area contributed by atoms with E-state index in [-0.39, 0.29) is 155 Å². The third kappa shape index (κ3) is 40.0. The van der Waals surface area contributed by atoms with Crippen LogP contribution in [-0.2, 0) is 117 Å². The molecule has 0 aliphatic rings. The Morgan fingerprint density at radius 3 is 1.17 bits per heavy atom. The summed E-state index contributed by atoms with van der Waals surface area (Å²) in [5.74, 6) is 2.30. The molecular formula is C32H41BI3N4O9P2Re5Rf5S2V-5. The molecule has 3 rings (SSSR count). The van der Waals surface area contributed by atoms with Crippen LogP contribution in [0.2, 0.25) is 0 Å². The normalized spacial score (nSPS) is 8.53. The molecule has 0 saturated heterocycles. The smallest absolute Gasteiger partial charge is 0 e. The van der Waals surface area contributed by atoms with Gasteiger partial charge in [-0.2, -0.15) is 26.9 Å². The van der Waals surface area contributed by atoms with Crippen LogP contribution in [0.25, 0.3) is 17.2 Å². The number of phenols is 1. The number of esters is 2. The van der Waals surface area contributed by atoms with E-state index in [1.165, 1.54) is 12.3 Å². The Balaban J connectivity index is -0.0000000569. The average Bonchev–Trinajstić information content (AvgIpc) is 3.08. The summed E-state index contributed by atoms with van der Waals surface area (Å²) in [7, 11) is 0.351. The first-order valence-electron chi connectivity index (χ1n) is 14.8. The molecule has 2 unspecified atom stereocenters. The molecule has 0 heterocycles. The molecular weight excluding hydrogens is 3420 g/mol. The molecule has 0 amide bonds. The molecule has 3 aromatic carbocycles. The molecule has 0 bridgehead atoms. The maximum absolute atomic E-state index is 11.5. The fourth-order valence-electron chi connectivity index (χ4n) is 3.70. The van der Waals surface area contributed by atoms with Crippen molar-refractivity contribution in [2.45, 2.75) is 41.5 Å². The third-order valence-electron chi connectivity index (χ3n) is 6.10. The minimum Gasteiger partial charge on any atom is 0 e. The van der Waals surface area contributed by atoms with E-state index in [0.717, 1.165) is 44.9 Å². The molecule has 8 radical (unpaired) electrons. The number of carbonyl (C=O) groups excluding carboxylic acids is 2. The molecule has 13 nitrogen and oxygen atoms in total. The first kappa shape index (κ1) is 92.1. The number of nitrogens with one attached hydrogen (secondary N) is 3. The molecule has 32 heteroatoms. The molecule has 64 heavy (non-hydrogen) atoms. The van der Waals surface area contributed by atoms with Gasteiger partial charge < -0.3 is 46.0 Å². The summed E-state index contributed by atoms with van der Waals surface area (Å²) in [4.78, 5) is 32.6.